The van der Waals surface area contributed by atoms with Gasteiger partial charge in [0.2, 0.25) is 11.5 Å². The maximum Gasteiger partial charge on any atom is 0.408 e. The van der Waals surface area contributed by atoms with Crippen molar-refractivity contribution in [3.63, 3.8) is 0 Å². The largest absolute Gasteiger partial charge is 0.408 e. The maximum absolute atomic E-state index is 13.8. The number of pyridine rings is 1. The predicted molar refractivity (Wildman–Crippen MR) is 135 cm³/mol. The Bertz CT molecular complexity index is 1580. The smallest absolute Gasteiger partial charge is 0.333 e. The molecule has 0 bridgehead atoms. The lowest BCUT2D eigenvalue weighted by Gasteiger charge is -2.31. The highest BCUT2D eigenvalue weighted by Crippen LogP contribution is 2.48. The molecule has 8 nitrogen and oxygen atoms in total. The number of nitriles is 1. The molecule has 1 saturated heterocycles. The summed E-state index contributed by atoms with van der Waals surface area (Å²) in [4.78, 5) is 45.1. The first kappa shape index (κ1) is 27.9. The van der Waals surface area contributed by atoms with Gasteiger partial charge in [0.1, 0.15) is 18.6 Å². The zero-order chi connectivity index (χ0) is 29.5. The van der Waals surface area contributed by atoms with Crippen LogP contribution >= 0.6 is 0 Å². The van der Waals surface area contributed by atoms with Crippen LogP contribution in [0.5, 0.6) is 0 Å². The molecule has 2 heterocycles. The molecule has 1 fully saturated rings. The van der Waals surface area contributed by atoms with Crippen molar-refractivity contribution in [2.75, 3.05) is 6.73 Å². The summed E-state index contributed by atoms with van der Waals surface area (Å²) in [6.45, 7) is 0.0768. The number of Topliss-reactive ketones (excluding diaryl/α,β-unsaturated/α-hetero) is 1. The van der Waals surface area contributed by atoms with Crippen LogP contribution < -0.4 is 5.32 Å². The molecular formula is C29H22F4N4O4. The Hall–Kier alpha value is -4.63. The van der Waals surface area contributed by atoms with E-state index in [1.807, 2.05) is 6.07 Å². The van der Waals surface area contributed by atoms with Gasteiger partial charge in [0.15, 0.2) is 5.78 Å². The number of alkyl halides is 3. The number of hydrogen-bond donors (Lipinski definition) is 1. The Labute approximate surface area is 231 Å². The summed E-state index contributed by atoms with van der Waals surface area (Å²) in [5.74, 6) is -4.39. The fraction of sp³-hybridized carbons (Fsp3) is 0.276. The van der Waals surface area contributed by atoms with E-state index in [0.29, 0.717) is 21.7 Å². The minimum absolute atomic E-state index is 0.185. The van der Waals surface area contributed by atoms with E-state index in [1.165, 1.54) is 42.6 Å². The second kappa shape index (κ2) is 10.4. The van der Waals surface area contributed by atoms with Crippen LogP contribution in [0.3, 0.4) is 0 Å². The monoisotopic (exact) mass is 566 g/mol. The van der Waals surface area contributed by atoms with Crippen molar-refractivity contribution < 1.29 is 36.7 Å². The number of nitrogens with one attached hydrogen (secondary N) is 1. The van der Waals surface area contributed by atoms with Crippen molar-refractivity contribution in [1.29, 1.82) is 5.26 Å². The van der Waals surface area contributed by atoms with Crippen LogP contribution in [0, 0.1) is 17.1 Å². The summed E-state index contributed by atoms with van der Waals surface area (Å²) in [6.07, 6.45) is -4.04. The molecule has 0 saturated carbocycles. The van der Waals surface area contributed by atoms with Crippen LogP contribution in [0.1, 0.15) is 41.5 Å². The molecule has 0 radical (unpaired) electrons. The van der Waals surface area contributed by atoms with Crippen LogP contribution in [0.2, 0.25) is 0 Å². The summed E-state index contributed by atoms with van der Waals surface area (Å²) >= 11 is 0. The minimum atomic E-state index is -4.78. The van der Waals surface area contributed by atoms with Crippen LogP contribution in [-0.4, -0.2) is 46.4 Å². The molecule has 12 heteroatoms. The standard InChI is InChI=1S/C29H22F4N4O4/c1-16(29(31,32)33)37(14-17-2-5-20(30)6-3-17)25(38)12-22-21-11-19(24-10-18(13-34)8-9-35-24)4-7-23(21)28(26(22)39)27(40)36-15-41-28/h2-11,16,22H,12,14-15H2,1H3,(H,36,40)/t16-,22?,28+/m0/s1. The Morgan fingerprint density at radius 2 is 1.93 bits per heavy atom. The number of hydrogen-bond acceptors (Lipinski definition) is 6. The van der Waals surface area contributed by atoms with E-state index < -0.39 is 60.1 Å². The molecule has 5 rings (SSSR count). The van der Waals surface area contributed by atoms with Gasteiger partial charge in [0.05, 0.1) is 23.2 Å². The van der Waals surface area contributed by atoms with Crippen molar-refractivity contribution in [3.8, 4) is 17.3 Å². The quantitative estimate of drug-likeness (QED) is 0.355. The number of nitrogens with zero attached hydrogens (tertiary/aromatic N) is 3. The van der Waals surface area contributed by atoms with Crippen LogP contribution in [0.15, 0.2) is 60.8 Å². The Kier molecular flexibility index (Phi) is 7.08. The summed E-state index contributed by atoms with van der Waals surface area (Å²) in [5, 5.41) is 11.7. The SMILES string of the molecule is C[C@H](N(Cc1ccc(F)cc1)C(=O)CC1C(=O)[C@]2(OCNC2=O)c2ccc(-c3cc(C#N)ccn3)cc21)C(F)(F)F. The molecule has 2 amide bonds. The summed E-state index contributed by atoms with van der Waals surface area (Å²) < 4.78 is 60.5. The number of ether oxygens (including phenoxy) is 1. The topological polar surface area (TPSA) is 112 Å². The molecule has 1 aliphatic heterocycles. The second-order valence-electron chi connectivity index (χ2n) is 9.81. The van der Waals surface area contributed by atoms with E-state index in [2.05, 4.69) is 10.3 Å². The number of halogens is 4. The van der Waals surface area contributed by atoms with Gasteiger partial charge in [0.25, 0.3) is 5.91 Å². The average molecular weight is 567 g/mol. The third-order valence-electron chi connectivity index (χ3n) is 7.40. The molecular weight excluding hydrogens is 544 g/mol. The van der Waals surface area contributed by atoms with Gasteiger partial charge in [-0.1, -0.05) is 24.3 Å². The van der Waals surface area contributed by atoms with E-state index in [4.69, 9.17) is 4.74 Å². The highest BCUT2D eigenvalue weighted by atomic mass is 19.4. The van der Waals surface area contributed by atoms with Crippen molar-refractivity contribution in [3.05, 3.63) is 88.9 Å². The fourth-order valence-electron chi connectivity index (χ4n) is 5.19. The van der Waals surface area contributed by atoms with Gasteiger partial charge in [-0.05, 0) is 48.4 Å². The van der Waals surface area contributed by atoms with E-state index in [1.54, 1.807) is 6.07 Å². The third-order valence-corrected chi connectivity index (χ3v) is 7.40. The van der Waals surface area contributed by atoms with E-state index in [9.17, 15) is 37.2 Å². The van der Waals surface area contributed by atoms with Gasteiger partial charge in [-0.3, -0.25) is 19.4 Å². The van der Waals surface area contributed by atoms with Gasteiger partial charge in [-0.15, -0.1) is 0 Å². The molecule has 41 heavy (non-hydrogen) atoms. The molecule has 1 unspecified atom stereocenters. The van der Waals surface area contributed by atoms with Gasteiger partial charge < -0.3 is 15.0 Å². The summed E-state index contributed by atoms with van der Waals surface area (Å²) in [5.41, 5.74) is -0.189. The average Bonchev–Trinajstić information content (AvgIpc) is 3.45. The lowest BCUT2D eigenvalue weighted by Crippen LogP contribution is -2.47. The van der Waals surface area contributed by atoms with Crippen LogP contribution in [-0.2, 0) is 31.3 Å². The summed E-state index contributed by atoms with van der Waals surface area (Å²) in [6, 6.07) is 12.1. The first-order valence-electron chi connectivity index (χ1n) is 12.5. The number of carbonyl (C=O) groups is 3. The molecule has 1 aromatic heterocycles. The lowest BCUT2D eigenvalue weighted by molar-refractivity contribution is -0.187. The number of rotatable bonds is 6. The summed E-state index contributed by atoms with van der Waals surface area (Å²) in [7, 11) is 0. The van der Waals surface area contributed by atoms with Gasteiger partial charge in [0, 0.05) is 30.3 Å². The Morgan fingerprint density at radius 1 is 1.20 bits per heavy atom. The molecule has 3 atom stereocenters. The van der Waals surface area contributed by atoms with Gasteiger partial charge in [-0.2, -0.15) is 18.4 Å². The number of amides is 2. The van der Waals surface area contributed by atoms with E-state index in [-0.39, 0.29) is 23.4 Å². The Balaban J connectivity index is 1.55. The zero-order valence-corrected chi connectivity index (χ0v) is 21.5. The van der Waals surface area contributed by atoms with E-state index >= 15 is 0 Å². The predicted octanol–water partition coefficient (Wildman–Crippen LogP) is 4.09. The molecule has 1 aliphatic carbocycles. The fourth-order valence-corrected chi connectivity index (χ4v) is 5.19. The number of benzene rings is 2. The number of carbonyl (C=O) groups excluding carboxylic acids is 3. The lowest BCUT2D eigenvalue weighted by atomic mass is 9.92. The van der Waals surface area contributed by atoms with Crippen molar-refractivity contribution in [2.24, 2.45) is 0 Å². The number of fused-ring (bicyclic) bond motifs is 2. The maximum atomic E-state index is 13.8. The first-order chi connectivity index (χ1) is 19.5. The second-order valence-corrected chi connectivity index (χ2v) is 9.81. The molecule has 1 N–H and O–H groups in total. The molecule has 2 aliphatic rings. The van der Waals surface area contributed by atoms with Crippen LogP contribution in [0.25, 0.3) is 11.3 Å². The molecule has 2 aromatic carbocycles. The first-order valence-corrected chi connectivity index (χ1v) is 12.5. The number of aromatic nitrogens is 1. The molecule has 1 spiro atoms. The van der Waals surface area contributed by atoms with Gasteiger partial charge in [-0.25, -0.2) is 4.39 Å². The highest BCUT2D eigenvalue weighted by Gasteiger charge is 2.61. The van der Waals surface area contributed by atoms with Crippen molar-refractivity contribution >= 4 is 17.6 Å². The third kappa shape index (κ3) is 4.93. The normalized spacial score (nSPS) is 20.4. The number of ketones is 1. The molecule has 210 valence electrons. The van der Waals surface area contributed by atoms with E-state index in [0.717, 1.165) is 19.1 Å². The van der Waals surface area contributed by atoms with Crippen molar-refractivity contribution in [1.82, 2.24) is 15.2 Å². The minimum Gasteiger partial charge on any atom is -0.333 e. The Morgan fingerprint density at radius 3 is 2.56 bits per heavy atom. The van der Waals surface area contributed by atoms with Crippen molar-refractivity contribution in [2.45, 2.75) is 43.6 Å². The van der Waals surface area contributed by atoms with Gasteiger partial charge >= 0.3 is 6.18 Å². The zero-order valence-electron chi connectivity index (χ0n) is 21.5. The molecule has 3 aromatic rings. The highest BCUT2D eigenvalue weighted by molar-refractivity contribution is 6.17. The van der Waals surface area contributed by atoms with Crippen LogP contribution in [0.4, 0.5) is 17.6 Å².